The van der Waals surface area contributed by atoms with Gasteiger partial charge >= 0.3 is 0 Å². The Bertz CT molecular complexity index is 1040. The molecule has 8 nitrogen and oxygen atoms in total. The lowest BCUT2D eigenvalue weighted by atomic mass is 9.84. The van der Waals surface area contributed by atoms with Crippen LogP contribution < -0.4 is 4.74 Å². The molecular weight excluding hydrogens is 430 g/mol. The van der Waals surface area contributed by atoms with Gasteiger partial charge in [-0.05, 0) is 48.6 Å². The Morgan fingerprint density at radius 2 is 1.85 bits per heavy atom. The molecule has 1 aromatic heterocycles. The maximum Gasteiger partial charge on any atom is 0.272 e. The summed E-state index contributed by atoms with van der Waals surface area (Å²) in [4.78, 5) is 17.6. The number of ether oxygens (including phenoxy) is 1. The first-order valence-corrected chi connectivity index (χ1v) is 12.0. The van der Waals surface area contributed by atoms with Crippen molar-refractivity contribution < 1.29 is 14.6 Å². The number of carbonyl (C=O) groups excluding carboxylic acids is 1. The van der Waals surface area contributed by atoms with Crippen LogP contribution in [0.25, 0.3) is 0 Å². The van der Waals surface area contributed by atoms with Crippen molar-refractivity contribution >= 4 is 5.91 Å². The standard InChI is InChI=1S/C26H35N5O3/c1-26(2,3)24-10-23(29(4)28-24)25(33)31-14-19-9-20(15-31)13-30(12-19)16-21(32)17-34-22-7-5-18(11-27)6-8-22/h5-8,10,19-21,32H,9,12-17H2,1-4H3. The molecule has 34 heavy (non-hydrogen) atoms. The number of aliphatic hydroxyl groups is 1. The van der Waals surface area contributed by atoms with E-state index in [0.717, 1.165) is 38.3 Å². The quantitative estimate of drug-likeness (QED) is 0.704. The number of amides is 1. The van der Waals surface area contributed by atoms with E-state index in [4.69, 9.17) is 10.00 Å². The molecule has 1 amide bonds. The smallest absolute Gasteiger partial charge is 0.272 e. The summed E-state index contributed by atoms with van der Waals surface area (Å²) in [6.45, 7) is 10.3. The predicted molar refractivity (Wildman–Crippen MR) is 129 cm³/mol. The molecule has 2 aromatic rings. The summed E-state index contributed by atoms with van der Waals surface area (Å²) in [7, 11) is 1.84. The van der Waals surface area contributed by atoms with E-state index < -0.39 is 6.10 Å². The molecule has 8 heteroatoms. The third kappa shape index (κ3) is 5.60. The summed E-state index contributed by atoms with van der Waals surface area (Å²) < 4.78 is 7.40. The van der Waals surface area contributed by atoms with E-state index in [-0.39, 0.29) is 17.9 Å². The second-order valence-corrected chi connectivity index (χ2v) is 10.8. The molecule has 2 fully saturated rings. The molecule has 3 heterocycles. The van der Waals surface area contributed by atoms with Gasteiger partial charge < -0.3 is 14.7 Å². The summed E-state index contributed by atoms with van der Waals surface area (Å²) in [6, 6.07) is 10.9. The minimum atomic E-state index is -0.600. The first-order valence-electron chi connectivity index (χ1n) is 12.0. The van der Waals surface area contributed by atoms with E-state index in [1.165, 1.54) is 0 Å². The first-order chi connectivity index (χ1) is 16.1. The SMILES string of the molecule is Cn1nc(C(C)(C)C)cc1C(=O)N1CC2CC(CN(CC(O)COc3ccc(C#N)cc3)C2)C1. The molecule has 1 N–H and O–H groups in total. The lowest BCUT2D eigenvalue weighted by Gasteiger charge is -2.46. The van der Waals surface area contributed by atoms with Crippen LogP contribution in [0.5, 0.6) is 5.75 Å². The van der Waals surface area contributed by atoms with Gasteiger partial charge in [-0.15, -0.1) is 0 Å². The highest BCUT2D eigenvalue weighted by atomic mass is 16.5. The van der Waals surface area contributed by atoms with Crippen LogP contribution in [0.4, 0.5) is 0 Å². The van der Waals surface area contributed by atoms with Crippen LogP contribution in [-0.4, -0.2) is 76.0 Å². The number of aromatic nitrogens is 2. The summed E-state index contributed by atoms with van der Waals surface area (Å²) in [6.07, 6.45) is 0.522. The van der Waals surface area contributed by atoms with Crippen LogP contribution in [0, 0.1) is 23.2 Å². The van der Waals surface area contributed by atoms with E-state index >= 15 is 0 Å². The summed E-state index contributed by atoms with van der Waals surface area (Å²) in [5.41, 5.74) is 2.06. The van der Waals surface area contributed by atoms with Crippen LogP contribution in [0.2, 0.25) is 0 Å². The number of likely N-dealkylation sites (tertiary alicyclic amines) is 2. The van der Waals surface area contributed by atoms with Gasteiger partial charge in [0, 0.05) is 45.2 Å². The molecule has 182 valence electrons. The Morgan fingerprint density at radius 3 is 2.41 bits per heavy atom. The number of aryl methyl sites for hydroxylation is 1. The van der Waals surface area contributed by atoms with Crippen molar-refractivity contribution in [2.45, 2.75) is 38.7 Å². The van der Waals surface area contributed by atoms with Gasteiger partial charge in [0.1, 0.15) is 24.2 Å². The minimum absolute atomic E-state index is 0.0597. The molecule has 0 radical (unpaired) electrons. The third-order valence-electron chi connectivity index (χ3n) is 6.71. The molecule has 0 spiro atoms. The topological polar surface area (TPSA) is 94.6 Å². The molecule has 2 aliphatic rings. The van der Waals surface area contributed by atoms with Crippen molar-refractivity contribution in [3.05, 3.63) is 47.3 Å². The zero-order valence-corrected chi connectivity index (χ0v) is 20.6. The number of hydrogen-bond donors (Lipinski definition) is 1. The molecule has 0 saturated carbocycles. The highest BCUT2D eigenvalue weighted by molar-refractivity contribution is 5.92. The molecule has 1 aromatic carbocycles. The normalized spacial score (nSPS) is 21.7. The molecule has 3 unspecified atom stereocenters. The van der Waals surface area contributed by atoms with E-state index in [9.17, 15) is 9.90 Å². The molecule has 2 aliphatic heterocycles. The summed E-state index contributed by atoms with van der Waals surface area (Å²) >= 11 is 0. The van der Waals surface area contributed by atoms with Crippen LogP contribution in [0.3, 0.4) is 0 Å². The maximum absolute atomic E-state index is 13.3. The van der Waals surface area contributed by atoms with Gasteiger partial charge in [0.15, 0.2) is 0 Å². The first kappa shape index (κ1) is 24.2. The molecule has 3 atom stereocenters. The number of carbonyl (C=O) groups is 1. The Balaban J connectivity index is 1.29. The number of aliphatic hydroxyl groups excluding tert-OH is 1. The lowest BCUT2D eigenvalue weighted by molar-refractivity contribution is 0.00178. The maximum atomic E-state index is 13.3. The number of benzene rings is 1. The molecule has 2 bridgehead atoms. The van der Waals surface area contributed by atoms with Gasteiger partial charge in [-0.3, -0.25) is 14.4 Å². The number of nitriles is 1. The summed E-state index contributed by atoms with van der Waals surface area (Å²) in [5.74, 6) is 1.51. The molecule has 0 aliphatic carbocycles. The number of β-amino-alcohol motifs (C(OH)–C–C–N with tert-alkyl or cyclic N) is 1. The van der Waals surface area contributed by atoms with Crippen molar-refractivity contribution in [2.24, 2.45) is 18.9 Å². The second-order valence-electron chi connectivity index (χ2n) is 10.8. The van der Waals surface area contributed by atoms with E-state index in [1.54, 1.807) is 28.9 Å². The predicted octanol–water partition coefficient (Wildman–Crippen LogP) is 2.42. The van der Waals surface area contributed by atoms with E-state index in [2.05, 4.69) is 36.8 Å². The van der Waals surface area contributed by atoms with Crippen LogP contribution in [0.1, 0.15) is 48.9 Å². The fourth-order valence-electron chi connectivity index (χ4n) is 5.07. The van der Waals surface area contributed by atoms with Crippen LogP contribution >= 0.6 is 0 Å². The van der Waals surface area contributed by atoms with Gasteiger partial charge in [-0.2, -0.15) is 10.4 Å². The van der Waals surface area contributed by atoms with Crippen molar-refractivity contribution in [1.82, 2.24) is 19.6 Å². The Hall–Kier alpha value is -2.89. The van der Waals surface area contributed by atoms with Crippen molar-refractivity contribution in [2.75, 3.05) is 39.3 Å². The zero-order valence-electron chi connectivity index (χ0n) is 20.6. The highest BCUT2D eigenvalue weighted by Gasteiger charge is 2.37. The number of hydrogen-bond acceptors (Lipinski definition) is 6. The number of piperidine rings is 2. The van der Waals surface area contributed by atoms with Crippen molar-refractivity contribution in [3.63, 3.8) is 0 Å². The van der Waals surface area contributed by atoms with Gasteiger partial charge in [0.2, 0.25) is 0 Å². The molecule has 4 rings (SSSR count). The number of nitrogens with zero attached hydrogens (tertiary/aromatic N) is 5. The number of rotatable bonds is 6. The van der Waals surface area contributed by atoms with Gasteiger partial charge in [-0.1, -0.05) is 20.8 Å². The summed E-state index contributed by atoms with van der Waals surface area (Å²) in [5, 5.41) is 24.0. The number of fused-ring (bicyclic) bond motifs is 2. The monoisotopic (exact) mass is 465 g/mol. The largest absolute Gasteiger partial charge is 0.491 e. The van der Waals surface area contributed by atoms with Crippen LogP contribution in [-0.2, 0) is 12.5 Å². The average Bonchev–Trinajstić information content (AvgIpc) is 3.19. The van der Waals surface area contributed by atoms with E-state index in [1.807, 2.05) is 18.0 Å². The van der Waals surface area contributed by atoms with Gasteiger partial charge in [0.25, 0.3) is 5.91 Å². The Kier molecular flexibility index (Phi) is 6.96. The van der Waals surface area contributed by atoms with Crippen molar-refractivity contribution in [3.8, 4) is 11.8 Å². The lowest BCUT2D eigenvalue weighted by Crippen LogP contribution is -2.55. The molecular formula is C26H35N5O3. The Morgan fingerprint density at radius 1 is 1.21 bits per heavy atom. The highest BCUT2D eigenvalue weighted by Crippen LogP contribution is 2.30. The fourth-order valence-corrected chi connectivity index (χ4v) is 5.07. The zero-order chi connectivity index (χ0) is 24.5. The second kappa shape index (κ2) is 9.77. The fraction of sp³-hybridized carbons (Fsp3) is 0.577. The van der Waals surface area contributed by atoms with Crippen LogP contribution in [0.15, 0.2) is 30.3 Å². The Labute approximate surface area is 201 Å². The third-order valence-corrected chi connectivity index (χ3v) is 6.71. The minimum Gasteiger partial charge on any atom is -0.491 e. The van der Waals surface area contributed by atoms with Gasteiger partial charge in [0.05, 0.1) is 17.3 Å². The molecule has 2 saturated heterocycles. The average molecular weight is 466 g/mol. The van der Waals surface area contributed by atoms with Crippen molar-refractivity contribution in [1.29, 1.82) is 5.26 Å². The van der Waals surface area contributed by atoms with E-state index in [0.29, 0.717) is 35.4 Å². The van der Waals surface area contributed by atoms with Gasteiger partial charge in [-0.25, -0.2) is 0 Å².